The number of aromatic nitrogens is 3. The molecule has 3 rings (SSSR count). The molecule has 0 bridgehead atoms. The fraction of sp³-hybridized carbons (Fsp3) is 0.448. The average molecular weight is 577 g/mol. The summed E-state index contributed by atoms with van der Waals surface area (Å²) in [4.78, 5) is 37.8. The second-order valence-electron chi connectivity index (χ2n) is 10.0. The highest BCUT2D eigenvalue weighted by Gasteiger charge is 2.34. The number of alkyl halides is 3. The van der Waals surface area contributed by atoms with Gasteiger partial charge < -0.3 is 15.2 Å². The molecule has 0 saturated heterocycles. The Labute approximate surface area is 235 Å². The van der Waals surface area contributed by atoms with Crippen molar-refractivity contribution in [3.05, 3.63) is 86.6 Å². The van der Waals surface area contributed by atoms with Gasteiger partial charge in [0, 0.05) is 19.5 Å². The zero-order valence-electron chi connectivity index (χ0n) is 23.1. The van der Waals surface area contributed by atoms with Gasteiger partial charge in [-0.2, -0.15) is 13.2 Å². The summed E-state index contributed by atoms with van der Waals surface area (Å²) < 4.78 is 45.7. The first kappa shape index (κ1) is 31.4. The number of nitrogens with zero attached hydrogens (tertiary/aromatic N) is 3. The van der Waals surface area contributed by atoms with E-state index in [1.54, 1.807) is 48.5 Å². The lowest BCUT2D eigenvalue weighted by atomic mass is 10.0. The predicted octanol–water partition coefficient (Wildman–Crippen LogP) is 4.86. The van der Waals surface area contributed by atoms with Gasteiger partial charge in [-0.05, 0) is 55.9 Å². The minimum Gasteiger partial charge on any atom is -0.478 e. The Kier molecular flexibility index (Phi) is 10.7. The highest BCUT2D eigenvalue weighted by atomic mass is 19.4. The fourth-order valence-electron chi connectivity index (χ4n) is 4.35. The monoisotopic (exact) mass is 576 g/mol. The highest BCUT2D eigenvalue weighted by molar-refractivity contribution is 5.77. The van der Waals surface area contributed by atoms with Gasteiger partial charge in [0.05, 0.1) is 6.54 Å². The van der Waals surface area contributed by atoms with Crippen molar-refractivity contribution in [1.29, 1.82) is 0 Å². The molecule has 1 atom stereocenters. The van der Waals surface area contributed by atoms with Crippen LogP contribution in [0.15, 0.2) is 64.2 Å². The van der Waals surface area contributed by atoms with Crippen molar-refractivity contribution < 1.29 is 27.8 Å². The molecule has 0 amide bonds. The van der Waals surface area contributed by atoms with Crippen LogP contribution in [0, 0.1) is 0 Å². The summed E-state index contributed by atoms with van der Waals surface area (Å²) in [5.41, 5.74) is -1.21. The molecule has 1 unspecified atom stereocenters. The van der Waals surface area contributed by atoms with Crippen molar-refractivity contribution in [1.82, 2.24) is 14.3 Å². The first-order chi connectivity index (χ1) is 19.4. The van der Waals surface area contributed by atoms with Gasteiger partial charge in [-0.1, -0.05) is 55.8 Å². The van der Waals surface area contributed by atoms with E-state index < -0.39 is 35.4 Å². The third kappa shape index (κ3) is 9.22. The SMILES string of the molecule is CCCC(C)(Oc1cccc(CCCNc2nn(CCCC(F)(F)F)c(=O)n(Cc3ccccc3)c2=O)c1)C(=O)O. The molecular formula is C29H35F3N4O5. The minimum atomic E-state index is -4.37. The molecule has 0 radical (unpaired) electrons. The Morgan fingerprint density at radius 1 is 1.02 bits per heavy atom. The van der Waals surface area contributed by atoms with Gasteiger partial charge in [0.2, 0.25) is 11.4 Å². The van der Waals surface area contributed by atoms with E-state index in [0.717, 1.165) is 14.8 Å². The lowest BCUT2D eigenvalue weighted by Gasteiger charge is -2.26. The Bertz CT molecular complexity index is 1420. The molecule has 9 nitrogen and oxygen atoms in total. The molecule has 2 aromatic carbocycles. The number of carboxylic acid groups (broad SMARTS) is 1. The summed E-state index contributed by atoms with van der Waals surface area (Å²) in [5.74, 6) is -0.731. The van der Waals surface area contributed by atoms with Gasteiger partial charge in [-0.3, -0.25) is 9.36 Å². The summed E-state index contributed by atoms with van der Waals surface area (Å²) >= 11 is 0. The second kappa shape index (κ2) is 14.0. The normalized spacial score (nSPS) is 13.0. The lowest BCUT2D eigenvalue weighted by molar-refractivity contribution is -0.154. The number of hydrogen-bond donors (Lipinski definition) is 2. The van der Waals surface area contributed by atoms with Gasteiger partial charge in [-0.25, -0.2) is 14.3 Å². The number of benzene rings is 2. The predicted molar refractivity (Wildman–Crippen MR) is 148 cm³/mol. The molecule has 0 aliphatic heterocycles. The molecule has 222 valence electrons. The maximum atomic E-state index is 13.1. The summed E-state index contributed by atoms with van der Waals surface area (Å²) in [7, 11) is 0. The molecule has 0 spiro atoms. The van der Waals surface area contributed by atoms with Crippen LogP contribution in [0.3, 0.4) is 0 Å². The summed E-state index contributed by atoms with van der Waals surface area (Å²) in [6, 6.07) is 15.9. The Morgan fingerprint density at radius 2 is 1.73 bits per heavy atom. The molecule has 0 aliphatic carbocycles. The van der Waals surface area contributed by atoms with Crippen LogP contribution in [0.1, 0.15) is 57.1 Å². The van der Waals surface area contributed by atoms with Crippen molar-refractivity contribution in [3.8, 4) is 5.75 Å². The van der Waals surface area contributed by atoms with Gasteiger partial charge in [-0.15, -0.1) is 5.10 Å². The number of rotatable bonds is 15. The van der Waals surface area contributed by atoms with Crippen LogP contribution in [-0.2, 0) is 24.3 Å². The summed E-state index contributed by atoms with van der Waals surface area (Å²) in [5, 5.41) is 16.6. The molecule has 3 aromatic rings. The van der Waals surface area contributed by atoms with E-state index in [1.807, 2.05) is 13.0 Å². The van der Waals surface area contributed by atoms with Crippen molar-refractivity contribution in [2.45, 2.75) is 77.2 Å². The third-order valence-electron chi connectivity index (χ3n) is 6.49. The number of halogens is 3. The van der Waals surface area contributed by atoms with E-state index in [-0.39, 0.29) is 25.3 Å². The van der Waals surface area contributed by atoms with Crippen LogP contribution >= 0.6 is 0 Å². The zero-order chi connectivity index (χ0) is 30.0. The van der Waals surface area contributed by atoms with Crippen molar-refractivity contribution >= 4 is 11.8 Å². The summed E-state index contributed by atoms with van der Waals surface area (Å²) in [6.45, 7) is 3.38. The van der Waals surface area contributed by atoms with Crippen molar-refractivity contribution in [2.24, 2.45) is 0 Å². The number of anilines is 1. The lowest BCUT2D eigenvalue weighted by Crippen LogP contribution is -2.43. The third-order valence-corrected chi connectivity index (χ3v) is 6.49. The maximum absolute atomic E-state index is 13.1. The number of carbonyl (C=O) groups is 1. The highest BCUT2D eigenvalue weighted by Crippen LogP contribution is 2.24. The Morgan fingerprint density at radius 3 is 2.39 bits per heavy atom. The average Bonchev–Trinajstić information content (AvgIpc) is 2.91. The van der Waals surface area contributed by atoms with Crippen LogP contribution in [-0.4, -0.2) is 43.7 Å². The number of carboxylic acids is 1. The van der Waals surface area contributed by atoms with E-state index in [0.29, 0.717) is 43.5 Å². The van der Waals surface area contributed by atoms with Crippen LogP contribution in [0.4, 0.5) is 19.0 Å². The molecule has 41 heavy (non-hydrogen) atoms. The topological polar surface area (TPSA) is 115 Å². The van der Waals surface area contributed by atoms with Crippen LogP contribution in [0.25, 0.3) is 0 Å². The first-order valence-electron chi connectivity index (χ1n) is 13.5. The van der Waals surface area contributed by atoms with Crippen LogP contribution < -0.4 is 21.3 Å². The number of ether oxygens (including phenoxy) is 1. The van der Waals surface area contributed by atoms with Gasteiger partial charge in [0.15, 0.2) is 0 Å². The van der Waals surface area contributed by atoms with Crippen molar-refractivity contribution in [2.75, 3.05) is 11.9 Å². The zero-order valence-corrected chi connectivity index (χ0v) is 23.1. The maximum Gasteiger partial charge on any atom is 0.389 e. The van der Waals surface area contributed by atoms with Gasteiger partial charge in [0.25, 0.3) is 5.56 Å². The number of aliphatic carboxylic acids is 1. The van der Waals surface area contributed by atoms with Crippen molar-refractivity contribution in [3.63, 3.8) is 0 Å². The number of aryl methyl sites for hydroxylation is 2. The number of nitrogens with one attached hydrogen (secondary N) is 1. The first-order valence-corrected chi connectivity index (χ1v) is 13.5. The van der Waals surface area contributed by atoms with E-state index in [9.17, 15) is 32.7 Å². The minimum absolute atomic E-state index is 0.0466. The Balaban J connectivity index is 1.72. The largest absolute Gasteiger partial charge is 0.478 e. The molecular weight excluding hydrogens is 541 g/mol. The number of hydrogen-bond acceptors (Lipinski definition) is 6. The van der Waals surface area contributed by atoms with Gasteiger partial charge in [0.1, 0.15) is 5.75 Å². The molecule has 2 N–H and O–H groups in total. The van der Waals surface area contributed by atoms with Crippen LogP contribution in [0.2, 0.25) is 0 Å². The quantitative estimate of drug-likeness (QED) is 0.248. The molecule has 0 fully saturated rings. The fourth-order valence-corrected chi connectivity index (χ4v) is 4.35. The molecule has 12 heteroatoms. The van der Waals surface area contributed by atoms with E-state index in [4.69, 9.17) is 4.74 Å². The Hall–Kier alpha value is -4.09. The molecule has 1 heterocycles. The van der Waals surface area contributed by atoms with E-state index in [1.165, 1.54) is 6.92 Å². The molecule has 1 aromatic heterocycles. The standard InChI is InChI=1S/C29H35F3N4O5/c1-3-15-28(2,26(38)39)41-23-14-7-12-21(19-23)13-8-17-33-24-25(37)35(20-22-10-5-4-6-11-22)27(40)36(34-24)18-9-16-29(30,31)32/h4-7,10-12,14,19H,3,8-9,13,15-18,20H2,1-2H3,(H,33,34)(H,38,39). The smallest absolute Gasteiger partial charge is 0.389 e. The second-order valence-corrected chi connectivity index (χ2v) is 10.0. The summed E-state index contributed by atoms with van der Waals surface area (Å²) in [6.07, 6.45) is -3.69. The van der Waals surface area contributed by atoms with E-state index in [2.05, 4.69) is 10.4 Å². The van der Waals surface area contributed by atoms with E-state index >= 15 is 0 Å². The molecule has 0 aliphatic rings. The molecule has 0 saturated carbocycles. The van der Waals surface area contributed by atoms with Gasteiger partial charge >= 0.3 is 17.8 Å². The van der Waals surface area contributed by atoms with Crippen LogP contribution in [0.5, 0.6) is 5.75 Å².